The maximum atomic E-state index is 5.53. The molecule has 1 rings (SSSR count). The summed E-state index contributed by atoms with van der Waals surface area (Å²) in [5, 5.41) is 3.41. The number of ether oxygens (including phenoxy) is 1. The second-order valence-electron chi connectivity index (χ2n) is 4.01. The van der Waals surface area contributed by atoms with E-state index < -0.39 is 0 Å². The molecule has 0 aromatic heterocycles. The van der Waals surface area contributed by atoms with E-state index in [1.807, 2.05) is 6.92 Å². The maximum absolute atomic E-state index is 5.53. The van der Waals surface area contributed by atoms with Gasteiger partial charge in [0.15, 0.2) is 0 Å². The SMILES string of the molecule is CC(=CCl)COCCC1CCCNC1. The standard InChI is InChI=1S/C11H20ClNO/c1-10(7-12)9-14-6-4-11-3-2-5-13-8-11/h7,11,13H,2-6,8-9H2,1H3. The fourth-order valence-corrected chi connectivity index (χ4v) is 1.75. The Morgan fingerprint density at radius 3 is 3.14 bits per heavy atom. The van der Waals surface area contributed by atoms with Gasteiger partial charge in [-0.3, -0.25) is 0 Å². The minimum Gasteiger partial charge on any atom is -0.377 e. The number of rotatable bonds is 5. The molecule has 1 heterocycles. The maximum Gasteiger partial charge on any atom is 0.0685 e. The van der Waals surface area contributed by atoms with E-state index in [0.717, 1.165) is 24.6 Å². The molecule has 1 atom stereocenters. The lowest BCUT2D eigenvalue weighted by Gasteiger charge is -2.22. The third-order valence-electron chi connectivity index (χ3n) is 2.59. The molecule has 1 N–H and O–H groups in total. The van der Waals surface area contributed by atoms with Crippen molar-refractivity contribution in [1.82, 2.24) is 5.32 Å². The van der Waals surface area contributed by atoms with E-state index in [2.05, 4.69) is 5.32 Å². The molecule has 1 fully saturated rings. The van der Waals surface area contributed by atoms with Crippen LogP contribution in [0.1, 0.15) is 26.2 Å². The van der Waals surface area contributed by atoms with Crippen LogP contribution >= 0.6 is 11.6 Å². The number of nitrogens with one attached hydrogen (secondary N) is 1. The highest BCUT2D eigenvalue weighted by atomic mass is 35.5. The van der Waals surface area contributed by atoms with Crippen LogP contribution < -0.4 is 5.32 Å². The molecule has 2 nitrogen and oxygen atoms in total. The number of piperidine rings is 1. The van der Waals surface area contributed by atoms with E-state index in [-0.39, 0.29) is 0 Å². The molecule has 1 aliphatic rings. The van der Waals surface area contributed by atoms with Gasteiger partial charge in [0, 0.05) is 12.1 Å². The third-order valence-corrected chi connectivity index (χ3v) is 2.96. The Morgan fingerprint density at radius 1 is 1.64 bits per heavy atom. The van der Waals surface area contributed by atoms with Gasteiger partial charge in [-0.1, -0.05) is 11.6 Å². The van der Waals surface area contributed by atoms with Crippen molar-refractivity contribution in [2.75, 3.05) is 26.3 Å². The highest BCUT2D eigenvalue weighted by Crippen LogP contribution is 2.13. The first kappa shape index (κ1) is 12.0. The van der Waals surface area contributed by atoms with Crippen LogP contribution in [0.25, 0.3) is 0 Å². The van der Waals surface area contributed by atoms with Crippen LogP contribution in [-0.2, 0) is 4.74 Å². The Hall–Kier alpha value is -0.0500. The highest BCUT2D eigenvalue weighted by Gasteiger charge is 2.11. The van der Waals surface area contributed by atoms with Gasteiger partial charge in [-0.15, -0.1) is 0 Å². The molecule has 0 aromatic carbocycles. The quantitative estimate of drug-likeness (QED) is 0.715. The van der Waals surface area contributed by atoms with Gasteiger partial charge in [0.05, 0.1) is 6.61 Å². The van der Waals surface area contributed by atoms with Gasteiger partial charge in [0.2, 0.25) is 0 Å². The second kappa shape index (κ2) is 7.27. The van der Waals surface area contributed by atoms with Crippen molar-refractivity contribution in [3.63, 3.8) is 0 Å². The summed E-state index contributed by atoms with van der Waals surface area (Å²) >= 11 is 5.53. The van der Waals surface area contributed by atoms with Crippen LogP contribution in [0, 0.1) is 5.92 Å². The zero-order chi connectivity index (χ0) is 10.2. The molecule has 3 heteroatoms. The summed E-state index contributed by atoms with van der Waals surface area (Å²) < 4.78 is 5.51. The molecule has 1 unspecified atom stereocenters. The monoisotopic (exact) mass is 217 g/mol. The van der Waals surface area contributed by atoms with E-state index in [9.17, 15) is 0 Å². The summed E-state index contributed by atoms with van der Waals surface area (Å²) in [5.41, 5.74) is 2.68. The Morgan fingerprint density at radius 2 is 2.50 bits per heavy atom. The molecular formula is C11H20ClNO. The highest BCUT2D eigenvalue weighted by molar-refractivity contribution is 6.25. The predicted octanol–water partition coefficient (Wildman–Crippen LogP) is 2.54. The minimum absolute atomic E-state index is 0.670. The average molecular weight is 218 g/mol. The first-order valence-corrected chi connectivity index (χ1v) is 5.81. The van der Waals surface area contributed by atoms with Crippen molar-refractivity contribution in [3.05, 3.63) is 11.1 Å². The van der Waals surface area contributed by atoms with Crippen LogP contribution in [0.5, 0.6) is 0 Å². The van der Waals surface area contributed by atoms with Crippen molar-refractivity contribution in [2.45, 2.75) is 26.2 Å². The predicted molar refractivity (Wildman–Crippen MR) is 60.6 cm³/mol. The average Bonchev–Trinajstić information content (AvgIpc) is 2.25. The largest absolute Gasteiger partial charge is 0.377 e. The minimum atomic E-state index is 0.670. The van der Waals surface area contributed by atoms with Crippen LogP contribution in [-0.4, -0.2) is 26.3 Å². The normalized spacial score (nSPS) is 23.9. The zero-order valence-electron chi connectivity index (χ0n) is 8.89. The first-order valence-electron chi connectivity index (χ1n) is 5.37. The van der Waals surface area contributed by atoms with Crippen molar-refractivity contribution in [2.24, 2.45) is 5.92 Å². The summed E-state index contributed by atoms with van der Waals surface area (Å²) in [6.45, 7) is 5.85. The van der Waals surface area contributed by atoms with Crippen LogP contribution in [0.4, 0.5) is 0 Å². The third kappa shape index (κ3) is 4.99. The molecule has 0 bridgehead atoms. The number of halogens is 1. The first-order chi connectivity index (χ1) is 6.83. The molecule has 0 saturated carbocycles. The van der Waals surface area contributed by atoms with Crippen molar-refractivity contribution in [3.8, 4) is 0 Å². The summed E-state index contributed by atoms with van der Waals surface area (Å²) in [7, 11) is 0. The Balaban J connectivity index is 1.97. The summed E-state index contributed by atoms with van der Waals surface area (Å²) in [6, 6.07) is 0. The topological polar surface area (TPSA) is 21.3 Å². The van der Waals surface area contributed by atoms with Gasteiger partial charge in [0.25, 0.3) is 0 Å². The van der Waals surface area contributed by atoms with E-state index in [4.69, 9.17) is 16.3 Å². The summed E-state index contributed by atoms with van der Waals surface area (Å²) in [6.07, 6.45) is 3.83. The smallest absolute Gasteiger partial charge is 0.0685 e. The van der Waals surface area contributed by atoms with Gasteiger partial charge in [-0.05, 0) is 50.8 Å². The fourth-order valence-electron chi connectivity index (χ4n) is 1.69. The number of hydrogen-bond acceptors (Lipinski definition) is 2. The second-order valence-corrected chi connectivity index (χ2v) is 4.23. The molecule has 0 aliphatic carbocycles. The van der Waals surface area contributed by atoms with Crippen LogP contribution in [0.2, 0.25) is 0 Å². The van der Waals surface area contributed by atoms with Gasteiger partial charge in [-0.25, -0.2) is 0 Å². The van der Waals surface area contributed by atoms with Gasteiger partial charge < -0.3 is 10.1 Å². The van der Waals surface area contributed by atoms with E-state index >= 15 is 0 Å². The molecule has 1 aliphatic heterocycles. The zero-order valence-corrected chi connectivity index (χ0v) is 9.65. The molecule has 0 spiro atoms. The lowest BCUT2D eigenvalue weighted by molar-refractivity contribution is 0.134. The molecule has 1 saturated heterocycles. The van der Waals surface area contributed by atoms with E-state index in [1.54, 1.807) is 5.54 Å². The molecule has 14 heavy (non-hydrogen) atoms. The van der Waals surface area contributed by atoms with Crippen molar-refractivity contribution in [1.29, 1.82) is 0 Å². The summed E-state index contributed by atoms with van der Waals surface area (Å²) in [5.74, 6) is 0.809. The van der Waals surface area contributed by atoms with Gasteiger partial charge in [0.1, 0.15) is 0 Å². The van der Waals surface area contributed by atoms with Crippen LogP contribution in [0.3, 0.4) is 0 Å². The molecular weight excluding hydrogens is 198 g/mol. The molecule has 0 aromatic rings. The van der Waals surface area contributed by atoms with Crippen LogP contribution in [0.15, 0.2) is 11.1 Å². The Bertz CT molecular complexity index is 176. The van der Waals surface area contributed by atoms with E-state index in [0.29, 0.717) is 6.61 Å². The fraction of sp³-hybridized carbons (Fsp3) is 0.818. The lowest BCUT2D eigenvalue weighted by Crippen LogP contribution is -2.30. The molecule has 0 amide bonds. The Labute approximate surface area is 91.7 Å². The molecule has 82 valence electrons. The molecule has 0 radical (unpaired) electrons. The Kier molecular flexibility index (Phi) is 6.24. The summed E-state index contributed by atoms with van der Waals surface area (Å²) in [4.78, 5) is 0. The lowest BCUT2D eigenvalue weighted by atomic mass is 9.97. The van der Waals surface area contributed by atoms with Crippen molar-refractivity contribution >= 4 is 11.6 Å². The van der Waals surface area contributed by atoms with E-state index in [1.165, 1.54) is 25.8 Å². The van der Waals surface area contributed by atoms with Gasteiger partial charge in [-0.2, -0.15) is 0 Å². The van der Waals surface area contributed by atoms with Gasteiger partial charge >= 0.3 is 0 Å². The van der Waals surface area contributed by atoms with Crippen molar-refractivity contribution < 1.29 is 4.74 Å². The number of hydrogen-bond donors (Lipinski definition) is 1.